The zero-order valence-corrected chi connectivity index (χ0v) is 23.4. The Morgan fingerprint density at radius 1 is 0.971 bits per heavy atom. The predicted octanol–water partition coefficient (Wildman–Crippen LogP) is 1.49. The van der Waals surface area contributed by atoms with Gasteiger partial charge in [0.1, 0.15) is 4.90 Å². The molecule has 0 aliphatic heterocycles. The number of aryl methyl sites for hydroxylation is 1. The second-order valence-electron chi connectivity index (χ2n) is 8.26. The third-order valence-corrected chi connectivity index (χ3v) is 7.93. The molecule has 2 aliphatic rings. The molecule has 0 spiro atoms. The number of benzene rings is 1. The van der Waals surface area contributed by atoms with E-state index >= 15 is 0 Å². The fourth-order valence-corrected chi connectivity index (χ4v) is 5.51. The van der Waals surface area contributed by atoms with Crippen molar-refractivity contribution in [2.75, 3.05) is 6.54 Å². The van der Waals surface area contributed by atoms with Crippen molar-refractivity contribution in [2.24, 2.45) is 0 Å². The second-order valence-corrected chi connectivity index (χ2v) is 11.4. The average Bonchev–Trinajstić information content (AvgIpc) is 2.96. The van der Waals surface area contributed by atoms with E-state index in [9.17, 15) is 31.5 Å². The molecule has 0 aromatic heterocycles. The molecule has 0 atom stereocenters. The third kappa shape index (κ3) is 7.32. The summed E-state index contributed by atoms with van der Waals surface area (Å²) in [5.41, 5.74) is 2.77. The first kappa shape index (κ1) is 29.4. The molecular weight excluding hydrogens is 503 g/mol. The topological polar surface area (TPSA) is 144 Å². The Balaban J connectivity index is 0.00000324. The van der Waals surface area contributed by atoms with E-state index in [1.165, 1.54) is 18.2 Å². The van der Waals surface area contributed by atoms with Gasteiger partial charge >= 0.3 is 29.6 Å². The Kier molecular flexibility index (Phi) is 10.0. The van der Waals surface area contributed by atoms with Crippen molar-refractivity contribution in [3.8, 4) is 11.1 Å². The van der Waals surface area contributed by atoms with Gasteiger partial charge in [-0.2, -0.15) is 8.42 Å². The van der Waals surface area contributed by atoms with E-state index in [0.29, 0.717) is 24.8 Å². The Labute approximate surface area is 229 Å². The second kappa shape index (κ2) is 11.9. The van der Waals surface area contributed by atoms with Crippen LogP contribution in [0.5, 0.6) is 0 Å². The van der Waals surface area contributed by atoms with Crippen LogP contribution in [-0.2, 0) is 26.6 Å². The minimum atomic E-state index is -4.40. The minimum Gasteiger partial charge on any atom is -1.00 e. The molecule has 0 saturated carbocycles. The molecule has 0 radical (unpaired) electrons. The van der Waals surface area contributed by atoms with Crippen LogP contribution in [0, 0.1) is 10.1 Å². The minimum absolute atomic E-state index is 0. The van der Waals surface area contributed by atoms with E-state index in [1.807, 2.05) is 32.0 Å². The number of nitro benzene ring substituents is 1. The average molecular weight is 531 g/mol. The van der Waals surface area contributed by atoms with Gasteiger partial charge in [0.15, 0.2) is 0 Å². The van der Waals surface area contributed by atoms with Crippen LogP contribution in [-0.4, -0.2) is 32.9 Å². The van der Waals surface area contributed by atoms with Gasteiger partial charge in [0.25, 0.3) is 15.8 Å². The van der Waals surface area contributed by atoms with Crippen LogP contribution in [0.1, 0.15) is 45.2 Å². The van der Waals surface area contributed by atoms with E-state index in [-0.39, 0.29) is 58.9 Å². The van der Waals surface area contributed by atoms with Crippen molar-refractivity contribution >= 4 is 25.8 Å². The first-order valence-electron chi connectivity index (χ1n) is 10.7. The summed E-state index contributed by atoms with van der Waals surface area (Å²) in [6, 6.07) is 13.4. The molecule has 9 nitrogen and oxygen atoms in total. The zero-order chi connectivity index (χ0) is 25.1. The van der Waals surface area contributed by atoms with Crippen molar-refractivity contribution in [1.82, 2.24) is 4.72 Å². The van der Waals surface area contributed by atoms with Crippen LogP contribution in [0.15, 0.2) is 64.4 Å². The Morgan fingerprint density at radius 2 is 1.57 bits per heavy atom. The van der Waals surface area contributed by atoms with Gasteiger partial charge < -0.3 is 1.43 Å². The number of fused-ring (bicyclic) bond motifs is 1. The first-order chi connectivity index (χ1) is 15.9. The van der Waals surface area contributed by atoms with E-state index in [1.54, 1.807) is 6.07 Å². The number of nitrogens with zero attached hydrogens (tertiary/aromatic N) is 1. The standard InChI is InChI=1S/C23H26N2O7S2.Na.H/c1-16(2)17-6-12-21-18(15-23(34(30,31)32)22(21)13-7-17)5-3-4-14-24-33(28,29)20-10-8-19(9-11-20)25(26)27;;/h6-13,15-16,24H,3-5,14H2,1-2H3,(H,30,31,32);;/q;+1;-1. The van der Waals surface area contributed by atoms with Gasteiger partial charge in [-0.25, -0.2) is 13.1 Å². The van der Waals surface area contributed by atoms with E-state index < -0.39 is 25.1 Å². The van der Waals surface area contributed by atoms with Gasteiger partial charge in [-0.3, -0.25) is 14.7 Å². The fourth-order valence-electron chi connectivity index (χ4n) is 3.69. The maximum Gasteiger partial charge on any atom is 1.00 e. The molecule has 1 aromatic carbocycles. The molecule has 0 bridgehead atoms. The molecule has 1 aromatic rings. The first-order valence-corrected chi connectivity index (χ1v) is 13.6. The Bertz CT molecular complexity index is 1380. The molecule has 0 fully saturated rings. The summed E-state index contributed by atoms with van der Waals surface area (Å²) in [5.74, 6) is 0.248. The number of non-ortho nitro benzene ring substituents is 1. The number of hydrogen-bond acceptors (Lipinski definition) is 6. The largest absolute Gasteiger partial charge is 1.00 e. The van der Waals surface area contributed by atoms with E-state index in [4.69, 9.17) is 0 Å². The van der Waals surface area contributed by atoms with Crippen LogP contribution < -0.4 is 34.3 Å². The fraction of sp³-hybridized carbons (Fsp3) is 0.304. The van der Waals surface area contributed by atoms with Crippen molar-refractivity contribution in [3.05, 3.63) is 75.8 Å². The van der Waals surface area contributed by atoms with Crippen LogP contribution >= 0.6 is 0 Å². The van der Waals surface area contributed by atoms with Crippen LogP contribution in [0.25, 0.3) is 11.1 Å². The van der Waals surface area contributed by atoms with Crippen molar-refractivity contribution in [2.45, 2.75) is 48.8 Å². The number of nitro groups is 1. The Hall–Kier alpha value is -1.86. The van der Waals surface area contributed by atoms with Gasteiger partial charge in [0, 0.05) is 24.2 Å². The summed E-state index contributed by atoms with van der Waals surface area (Å²) in [6.45, 7) is 4.21. The van der Waals surface area contributed by atoms with Crippen molar-refractivity contribution in [3.63, 3.8) is 0 Å². The van der Waals surface area contributed by atoms with Crippen LogP contribution in [0.3, 0.4) is 0 Å². The molecule has 0 saturated heterocycles. The molecule has 2 N–H and O–H groups in total. The summed E-state index contributed by atoms with van der Waals surface area (Å²) in [5, 5.41) is 10.7. The molecule has 35 heavy (non-hydrogen) atoms. The summed E-state index contributed by atoms with van der Waals surface area (Å²) < 4.78 is 60.7. The Morgan fingerprint density at radius 3 is 2.11 bits per heavy atom. The number of hydrogen-bond donors (Lipinski definition) is 2. The number of unbranched alkanes of at least 4 members (excludes halogenated alkanes) is 1. The summed E-state index contributed by atoms with van der Waals surface area (Å²) in [4.78, 5) is 9.91. The third-order valence-electron chi connectivity index (χ3n) is 5.56. The molecule has 0 unspecified atom stereocenters. The molecule has 2 aliphatic carbocycles. The molecule has 0 heterocycles. The molecule has 3 rings (SSSR count). The van der Waals surface area contributed by atoms with Gasteiger partial charge in [0.05, 0.1) is 9.82 Å². The van der Waals surface area contributed by atoms with Gasteiger partial charge in [-0.05, 0) is 60.1 Å². The normalized spacial score (nSPS) is 12.0. The number of nitrogens with one attached hydrogen (secondary N) is 1. The maximum absolute atomic E-state index is 12.4. The smallest absolute Gasteiger partial charge is 1.00 e. The van der Waals surface area contributed by atoms with Gasteiger partial charge in [-0.15, -0.1) is 0 Å². The molecule has 0 amide bonds. The summed E-state index contributed by atoms with van der Waals surface area (Å²) in [7, 11) is -8.20. The molecule has 184 valence electrons. The van der Waals surface area contributed by atoms with Crippen LogP contribution in [0.2, 0.25) is 0 Å². The number of rotatable bonds is 10. The SMILES string of the molecule is CC(C)c1ccc2c(CCCCNS(=O)(=O)c3ccc([N+](=O)[O-])cc3)cc(S(=O)(=O)O)c-2cc1.[H-].[Na+]. The van der Waals surface area contributed by atoms with E-state index in [0.717, 1.165) is 28.8 Å². The predicted molar refractivity (Wildman–Crippen MR) is 129 cm³/mol. The monoisotopic (exact) mass is 530 g/mol. The zero-order valence-electron chi connectivity index (χ0n) is 20.8. The quantitative estimate of drug-likeness (QED) is 0.133. The van der Waals surface area contributed by atoms with Gasteiger partial charge in [-0.1, -0.05) is 38.1 Å². The van der Waals surface area contributed by atoms with Gasteiger partial charge in [0.2, 0.25) is 10.0 Å². The number of sulfonamides is 1. The van der Waals surface area contributed by atoms with Crippen LogP contribution in [0.4, 0.5) is 5.69 Å². The summed E-state index contributed by atoms with van der Waals surface area (Å²) in [6.07, 6.45) is 1.55. The van der Waals surface area contributed by atoms with Crippen molar-refractivity contribution < 1.29 is 57.3 Å². The summed E-state index contributed by atoms with van der Waals surface area (Å²) >= 11 is 0. The maximum atomic E-state index is 12.4. The van der Waals surface area contributed by atoms with Crippen molar-refractivity contribution in [1.29, 1.82) is 0 Å². The van der Waals surface area contributed by atoms with E-state index in [2.05, 4.69) is 4.72 Å². The molecule has 12 heteroatoms. The molecular formula is C23H27N2NaO7S2.